The Labute approximate surface area is 165 Å². The highest BCUT2D eigenvalue weighted by Crippen LogP contribution is 2.36. The van der Waals surface area contributed by atoms with Gasteiger partial charge in [-0.05, 0) is 67.7 Å². The Morgan fingerprint density at radius 2 is 1.75 bits per heavy atom. The van der Waals surface area contributed by atoms with Gasteiger partial charge in [0.1, 0.15) is 0 Å². The van der Waals surface area contributed by atoms with E-state index in [4.69, 9.17) is 4.74 Å². The minimum Gasteiger partial charge on any atom is -0.421 e. The highest BCUT2D eigenvalue weighted by molar-refractivity contribution is 5.75. The number of halogens is 2. The van der Waals surface area contributed by atoms with Gasteiger partial charge in [-0.3, -0.25) is 4.79 Å². The van der Waals surface area contributed by atoms with Gasteiger partial charge in [0.05, 0.1) is 5.92 Å². The first-order valence-electron chi connectivity index (χ1n) is 10.2. The SMILES string of the molecule is CCCCCc1ccc([C@H]2CC[C@H](C(=O)Oc3ccc(F)nc3F)CC2)cc1. The van der Waals surface area contributed by atoms with Crippen LogP contribution in [0.4, 0.5) is 8.78 Å². The van der Waals surface area contributed by atoms with Gasteiger partial charge in [0.2, 0.25) is 5.95 Å². The zero-order valence-corrected chi connectivity index (χ0v) is 16.3. The molecule has 1 aliphatic carbocycles. The van der Waals surface area contributed by atoms with Crippen molar-refractivity contribution in [2.45, 2.75) is 64.2 Å². The molecule has 28 heavy (non-hydrogen) atoms. The largest absolute Gasteiger partial charge is 0.421 e. The van der Waals surface area contributed by atoms with Gasteiger partial charge in [-0.2, -0.15) is 13.8 Å². The first-order chi connectivity index (χ1) is 13.6. The number of carbonyl (C=O) groups excluding carboxylic acids is 1. The number of unbranched alkanes of at least 4 members (excludes halogenated alkanes) is 2. The molecule has 0 N–H and O–H groups in total. The quantitative estimate of drug-likeness (QED) is 0.334. The number of pyridine rings is 1. The third-order valence-electron chi connectivity index (χ3n) is 5.57. The summed E-state index contributed by atoms with van der Waals surface area (Å²) in [7, 11) is 0. The third-order valence-corrected chi connectivity index (χ3v) is 5.57. The molecule has 0 radical (unpaired) electrons. The van der Waals surface area contributed by atoms with Gasteiger partial charge in [-0.25, -0.2) is 0 Å². The van der Waals surface area contributed by atoms with E-state index in [0.29, 0.717) is 18.8 Å². The molecule has 0 saturated heterocycles. The van der Waals surface area contributed by atoms with Crippen LogP contribution in [0.3, 0.4) is 0 Å². The van der Waals surface area contributed by atoms with E-state index in [1.165, 1.54) is 30.4 Å². The molecule has 3 rings (SSSR count). The lowest BCUT2D eigenvalue weighted by molar-refractivity contribution is -0.140. The average Bonchev–Trinajstić information content (AvgIpc) is 2.71. The molecule has 2 aromatic rings. The van der Waals surface area contributed by atoms with Crippen LogP contribution in [-0.2, 0) is 11.2 Å². The van der Waals surface area contributed by atoms with Crippen LogP contribution in [-0.4, -0.2) is 11.0 Å². The van der Waals surface area contributed by atoms with Gasteiger partial charge in [0.25, 0.3) is 5.95 Å². The lowest BCUT2D eigenvalue weighted by Gasteiger charge is -2.27. The predicted octanol–water partition coefficient (Wildman–Crippen LogP) is 5.97. The molecule has 1 fully saturated rings. The van der Waals surface area contributed by atoms with Crippen LogP contribution in [0, 0.1) is 17.8 Å². The molecular formula is C23H27F2NO2. The average molecular weight is 387 g/mol. The molecular weight excluding hydrogens is 360 g/mol. The lowest BCUT2D eigenvalue weighted by atomic mass is 9.78. The monoisotopic (exact) mass is 387 g/mol. The van der Waals surface area contributed by atoms with Gasteiger partial charge in [-0.15, -0.1) is 0 Å². The smallest absolute Gasteiger partial charge is 0.314 e. The van der Waals surface area contributed by atoms with E-state index >= 15 is 0 Å². The summed E-state index contributed by atoms with van der Waals surface area (Å²) < 4.78 is 31.5. The van der Waals surface area contributed by atoms with Crippen molar-refractivity contribution >= 4 is 5.97 Å². The summed E-state index contributed by atoms with van der Waals surface area (Å²) in [6.45, 7) is 2.21. The Kier molecular flexibility index (Phi) is 7.12. The van der Waals surface area contributed by atoms with Gasteiger partial charge < -0.3 is 4.74 Å². The molecule has 150 valence electrons. The number of carbonyl (C=O) groups is 1. The number of ether oxygens (including phenoxy) is 1. The fourth-order valence-corrected chi connectivity index (χ4v) is 3.87. The van der Waals surface area contributed by atoms with E-state index in [9.17, 15) is 13.6 Å². The number of hydrogen-bond acceptors (Lipinski definition) is 3. The summed E-state index contributed by atoms with van der Waals surface area (Å²) >= 11 is 0. The second-order valence-electron chi connectivity index (χ2n) is 7.59. The van der Waals surface area contributed by atoms with Crippen molar-refractivity contribution in [1.29, 1.82) is 0 Å². The molecule has 1 saturated carbocycles. The van der Waals surface area contributed by atoms with Gasteiger partial charge in [-0.1, -0.05) is 44.0 Å². The molecule has 0 amide bonds. The highest BCUT2D eigenvalue weighted by Gasteiger charge is 2.29. The molecule has 0 spiro atoms. The van der Waals surface area contributed by atoms with Gasteiger partial charge in [0, 0.05) is 0 Å². The summed E-state index contributed by atoms with van der Waals surface area (Å²) in [5, 5.41) is 0. The van der Waals surface area contributed by atoms with Gasteiger partial charge in [0.15, 0.2) is 5.75 Å². The zero-order valence-electron chi connectivity index (χ0n) is 16.3. The summed E-state index contributed by atoms with van der Waals surface area (Å²) in [6.07, 6.45) is 8.07. The second-order valence-corrected chi connectivity index (χ2v) is 7.59. The van der Waals surface area contributed by atoms with Crippen LogP contribution in [0.5, 0.6) is 5.75 Å². The number of benzene rings is 1. The number of hydrogen-bond donors (Lipinski definition) is 0. The predicted molar refractivity (Wildman–Crippen MR) is 104 cm³/mol. The zero-order chi connectivity index (χ0) is 19.9. The third kappa shape index (κ3) is 5.37. The van der Waals surface area contributed by atoms with Crippen molar-refractivity contribution in [2.24, 2.45) is 5.92 Å². The fourth-order valence-electron chi connectivity index (χ4n) is 3.87. The molecule has 3 nitrogen and oxygen atoms in total. The fraction of sp³-hybridized carbons (Fsp3) is 0.478. The minimum absolute atomic E-state index is 0.256. The maximum Gasteiger partial charge on any atom is 0.314 e. The standard InChI is InChI=1S/C23H27F2NO2/c1-2-3-4-5-16-6-8-17(9-7-16)18-10-12-19(13-11-18)23(27)28-20-14-15-21(24)26-22(20)25/h6-9,14-15,18-19H,2-5,10-13H2,1H3/t18-,19-. The van der Waals surface area contributed by atoms with E-state index in [1.807, 2.05) is 0 Å². The van der Waals surface area contributed by atoms with Crippen LogP contribution >= 0.6 is 0 Å². The molecule has 5 heteroatoms. The van der Waals surface area contributed by atoms with E-state index in [-0.39, 0.29) is 11.7 Å². The maximum atomic E-state index is 13.6. The maximum absolute atomic E-state index is 13.6. The molecule has 0 aliphatic heterocycles. The Morgan fingerprint density at radius 3 is 2.39 bits per heavy atom. The summed E-state index contributed by atoms with van der Waals surface area (Å²) in [5.41, 5.74) is 2.70. The van der Waals surface area contributed by atoms with Crippen LogP contribution in [0.1, 0.15) is 68.9 Å². The van der Waals surface area contributed by atoms with Gasteiger partial charge >= 0.3 is 5.97 Å². The number of esters is 1. The molecule has 1 aliphatic rings. The van der Waals surface area contributed by atoms with E-state index in [2.05, 4.69) is 36.2 Å². The van der Waals surface area contributed by atoms with Crippen molar-refractivity contribution in [1.82, 2.24) is 4.98 Å². The van der Waals surface area contributed by atoms with Crippen molar-refractivity contribution in [3.05, 3.63) is 59.4 Å². The first-order valence-corrected chi connectivity index (χ1v) is 10.2. The van der Waals surface area contributed by atoms with Crippen LogP contribution < -0.4 is 4.74 Å². The molecule has 1 aromatic heterocycles. The lowest BCUT2D eigenvalue weighted by Crippen LogP contribution is -2.25. The molecule has 0 unspecified atom stereocenters. The number of aromatic nitrogens is 1. The van der Waals surface area contributed by atoms with Crippen molar-refractivity contribution in [2.75, 3.05) is 0 Å². The molecule has 0 atom stereocenters. The Morgan fingerprint density at radius 1 is 1.04 bits per heavy atom. The van der Waals surface area contributed by atoms with Crippen molar-refractivity contribution < 1.29 is 18.3 Å². The molecule has 0 bridgehead atoms. The van der Waals surface area contributed by atoms with Crippen molar-refractivity contribution in [3.63, 3.8) is 0 Å². The highest BCUT2D eigenvalue weighted by atomic mass is 19.1. The van der Waals surface area contributed by atoms with Crippen LogP contribution in [0.2, 0.25) is 0 Å². The van der Waals surface area contributed by atoms with E-state index < -0.39 is 17.9 Å². The molecule has 1 heterocycles. The first kappa shape index (κ1) is 20.4. The van der Waals surface area contributed by atoms with E-state index in [1.54, 1.807) is 0 Å². The summed E-state index contributed by atoms with van der Waals surface area (Å²) in [4.78, 5) is 15.4. The van der Waals surface area contributed by atoms with E-state index in [0.717, 1.165) is 31.4 Å². The normalized spacial score (nSPS) is 19.4. The number of rotatable bonds is 7. The topological polar surface area (TPSA) is 39.2 Å². The van der Waals surface area contributed by atoms with Crippen LogP contribution in [0.15, 0.2) is 36.4 Å². The Hall–Kier alpha value is -2.30. The second kappa shape index (κ2) is 9.76. The Bertz CT molecular complexity index is 784. The summed E-state index contributed by atoms with van der Waals surface area (Å²) in [6, 6.07) is 10.9. The minimum atomic E-state index is -1.10. The molecule has 1 aromatic carbocycles. The van der Waals surface area contributed by atoms with Crippen LogP contribution in [0.25, 0.3) is 0 Å². The number of nitrogens with zero attached hydrogens (tertiary/aromatic N) is 1. The Balaban J connectivity index is 1.50. The van der Waals surface area contributed by atoms with Crippen molar-refractivity contribution in [3.8, 4) is 5.75 Å². The summed E-state index contributed by atoms with van der Waals surface area (Å²) in [5.74, 6) is -2.62. The number of aryl methyl sites for hydroxylation is 1.